The number of hydrogen-bond acceptors (Lipinski definition) is 6. The van der Waals surface area contributed by atoms with Crippen molar-refractivity contribution in [3.63, 3.8) is 0 Å². The number of anilines is 1. The summed E-state index contributed by atoms with van der Waals surface area (Å²) in [5, 5.41) is 10.5. The van der Waals surface area contributed by atoms with Crippen molar-refractivity contribution in [1.29, 1.82) is 0 Å². The second kappa shape index (κ2) is 4.71. The summed E-state index contributed by atoms with van der Waals surface area (Å²) < 4.78 is 0. The lowest BCUT2D eigenvalue weighted by atomic mass is 10.4. The fraction of sp³-hybridized carbons (Fsp3) is 0.286. The molecule has 0 aromatic carbocycles. The van der Waals surface area contributed by atoms with E-state index in [0.29, 0.717) is 0 Å². The molecule has 0 atom stereocenters. The van der Waals surface area contributed by atoms with E-state index in [9.17, 15) is 14.9 Å². The Morgan fingerprint density at radius 2 is 2.38 bits per heavy atom. The summed E-state index contributed by atoms with van der Waals surface area (Å²) in [5.74, 6) is -0.685. The first-order valence-electron chi connectivity index (χ1n) is 4.08. The smallest absolute Gasteiger partial charge is 0.329 e. The number of carbonyl (C=O) groups excluding carboxylic acids is 1. The Kier molecular flexibility index (Phi) is 3.56. The maximum absolute atomic E-state index is 10.7. The van der Waals surface area contributed by atoms with E-state index in [1.807, 2.05) is 0 Å². The number of rotatable bonds is 4. The van der Waals surface area contributed by atoms with E-state index in [1.54, 1.807) is 0 Å². The van der Waals surface area contributed by atoms with Crippen LogP contribution in [0.15, 0.2) is 6.20 Å². The average molecular weight is 246 g/mol. The van der Waals surface area contributed by atoms with Crippen LogP contribution in [0.25, 0.3) is 0 Å². The van der Waals surface area contributed by atoms with Crippen LogP contribution in [0.1, 0.15) is 0 Å². The largest absolute Gasteiger partial charge is 0.368 e. The van der Waals surface area contributed by atoms with Gasteiger partial charge in [-0.15, -0.1) is 0 Å². The molecule has 0 saturated heterocycles. The standard InChI is InChI=1S/C7H8ClN5O3/c1-12(3-5(9)14)6-4(13(15)16)2-10-7(8)11-6/h2H,3H2,1H3,(H2,9,14). The Labute approximate surface area is 95.2 Å². The molecule has 0 saturated carbocycles. The Hall–Kier alpha value is -1.96. The van der Waals surface area contributed by atoms with Crippen LogP contribution >= 0.6 is 11.6 Å². The van der Waals surface area contributed by atoms with Gasteiger partial charge in [0.05, 0.1) is 11.5 Å². The number of nitrogens with two attached hydrogens (primary N) is 1. The number of likely N-dealkylation sites (N-methyl/N-ethyl adjacent to an activating group) is 1. The quantitative estimate of drug-likeness (QED) is 0.452. The molecule has 1 aromatic rings. The van der Waals surface area contributed by atoms with E-state index in [-0.39, 0.29) is 23.3 Å². The van der Waals surface area contributed by atoms with Gasteiger partial charge in [-0.3, -0.25) is 14.9 Å². The van der Waals surface area contributed by atoms with Crippen molar-refractivity contribution >= 4 is 29.0 Å². The van der Waals surface area contributed by atoms with Crippen molar-refractivity contribution < 1.29 is 9.72 Å². The topological polar surface area (TPSA) is 115 Å². The van der Waals surface area contributed by atoms with Gasteiger partial charge in [0.1, 0.15) is 6.20 Å². The first-order chi connectivity index (χ1) is 7.41. The molecule has 1 aromatic heterocycles. The molecule has 1 heterocycles. The van der Waals surface area contributed by atoms with Gasteiger partial charge in [-0.05, 0) is 11.6 Å². The van der Waals surface area contributed by atoms with Crippen LogP contribution < -0.4 is 10.6 Å². The molecule has 86 valence electrons. The minimum atomic E-state index is -0.664. The molecule has 0 unspecified atom stereocenters. The Bertz CT molecular complexity index is 438. The predicted octanol–water partition coefficient (Wildman–Crippen LogP) is -0.0403. The van der Waals surface area contributed by atoms with E-state index in [0.717, 1.165) is 6.20 Å². The third-order valence-corrected chi connectivity index (χ3v) is 1.85. The molecule has 0 fully saturated rings. The van der Waals surface area contributed by atoms with Gasteiger partial charge < -0.3 is 10.6 Å². The summed E-state index contributed by atoms with van der Waals surface area (Å²) in [5.41, 5.74) is 4.63. The molecule has 8 nitrogen and oxygen atoms in total. The van der Waals surface area contributed by atoms with Gasteiger partial charge >= 0.3 is 5.69 Å². The second-order valence-electron chi connectivity index (χ2n) is 2.93. The molecule has 16 heavy (non-hydrogen) atoms. The highest BCUT2D eigenvalue weighted by Crippen LogP contribution is 2.24. The minimum absolute atomic E-state index is 0.0520. The molecule has 0 radical (unpaired) electrons. The Balaban J connectivity index is 3.13. The fourth-order valence-corrected chi connectivity index (χ4v) is 1.19. The minimum Gasteiger partial charge on any atom is -0.368 e. The summed E-state index contributed by atoms with van der Waals surface area (Å²) in [6.45, 7) is -0.200. The zero-order valence-electron chi connectivity index (χ0n) is 8.25. The van der Waals surface area contributed by atoms with Crippen molar-refractivity contribution in [1.82, 2.24) is 9.97 Å². The van der Waals surface area contributed by atoms with Crippen molar-refractivity contribution in [3.8, 4) is 0 Å². The van der Waals surface area contributed by atoms with Gasteiger partial charge in [0, 0.05) is 7.05 Å². The molecule has 9 heteroatoms. The summed E-state index contributed by atoms with van der Waals surface area (Å²) in [6, 6.07) is 0. The highest BCUT2D eigenvalue weighted by atomic mass is 35.5. The molecular weight excluding hydrogens is 238 g/mol. The molecule has 0 aliphatic carbocycles. The lowest BCUT2D eigenvalue weighted by molar-refractivity contribution is -0.384. The van der Waals surface area contributed by atoms with Crippen LogP contribution in [-0.4, -0.2) is 34.4 Å². The molecule has 1 rings (SSSR count). The molecule has 0 aliphatic rings. The highest BCUT2D eigenvalue weighted by Gasteiger charge is 2.21. The van der Waals surface area contributed by atoms with Gasteiger partial charge in [-0.25, -0.2) is 4.98 Å². The fourth-order valence-electron chi connectivity index (χ4n) is 1.06. The molecule has 0 spiro atoms. The van der Waals surface area contributed by atoms with E-state index >= 15 is 0 Å². The van der Waals surface area contributed by atoms with Crippen molar-refractivity contribution in [2.45, 2.75) is 0 Å². The van der Waals surface area contributed by atoms with Crippen LogP contribution in [0.3, 0.4) is 0 Å². The number of nitrogens with zero attached hydrogens (tertiary/aromatic N) is 4. The summed E-state index contributed by atoms with van der Waals surface area (Å²) in [4.78, 5) is 29.1. The summed E-state index contributed by atoms with van der Waals surface area (Å²) in [6.07, 6.45) is 0.974. The van der Waals surface area contributed by atoms with Crippen molar-refractivity contribution in [3.05, 3.63) is 21.6 Å². The molecule has 0 aliphatic heterocycles. The van der Waals surface area contributed by atoms with Crippen LogP contribution in [0.4, 0.5) is 11.5 Å². The van der Waals surface area contributed by atoms with Crippen molar-refractivity contribution in [2.24, 2.45) is 5.73 Å². The number of primary amides is 1. The molecule has 2 N–H and O–H groups in total. The van der Waals surface area contributed by atoms with E-state index in [2.05, 4.69) is 9.97 Å². The van der Waals surface area contributed by atoms with Gasteiger partial charge in [0.2, 0.25) is 17.0 Å². The van der Waals surface area contributed by atoms with Gasteiger partial charge in [0.25, 0.3) is 0 Å². The SMILES string of the molecule is CN(CC(N)=O)c1nc(Cl)ncc1[N+](=O)[O-]. The zero-order chi connectivity index (χ0) is 12.3. The van der Waals surface area contributed by atoms with Crippen LogP contribution in [0.5, 0.6) is 0 Å². The first kappa shape index (κ1) is 12.1. The van der Waals surface area contributed by atoms with E-state index in [4.69, 9.17) is 17.3 Å². The summed E-state index contributed by atoms with van der Waals surface area (Å²) in [7, 11) is 1.44. The number of hydrogen-bond donors (Lipinski definition) is 1. The van der Waals surface area contributed by atoms with E-state index in [1.165, 1.54) is 11.9 Å². The highest BCUT2D eigenvalue weighted by molar-refractivity contribution is 6.28. The second-order valence-corrected chi connectivity index (χ2v) is 3.27. The lowest BCUT2D eigenvalue weighted by Crippen LogP contribution is -2.31. The maximum atomic E-state index is 10.7. The normalized spacial score (nSPS) is 9.88. The monoisotopic (exact) mass is 245 g/mol. The molecule has 1 amide bonds. The number of carbonyl (C=O) groups is 1. The maximum Gasteiger partial charge on any atom is 0.329 e. The van der Waals surface area contributed by atoms with Crippen molar-refractivity contribution in [2.75, 3.05) is 18.5 Å². The molecular formula is C7H8ClN5O3. The predicted molar refractivity (Wildman–Crippen MR) is 56.2 cm³/mol. The molecule has 0 bridgehead atoms. The summed E-state index contributed by atoms with van der Waals surface area (Å²) >= 11 is 5.51. The van der Waals surface area contributed by atoms with E-state index < -0.39 is 10.8 Å². The van der Waals surface area contributed by atoms with Crippen LogP contribution in [-0.2, 0) is 4.79 Å². The van der Waals surface area contributed by atoms with Gasteiger partial charge in [-0.2, -0.15) is 4.98 Å². The third-order valence-electron chi connectivity index (χ3n) is 1.67. The number of amides is 1. The Morgan fingerprint density at radius 1 is 1.75 bits per heavy atom. The van der Waals surface area contributed by atoms with Gasteiger partial charge in [-0.1, -0.05) is 0 Å². The van der Waals surface area contributed by atoms with Gasteiger partial charge in [0.15, 0.2) is 0 Å². The average Bonchev–Trinajstić information content (AvgIpc) is 2.15. The third kappa shape index (κ3) is 2.76. The zero-order valence-corrected chi connectivity index (χ0v) is 9.01. The van der Waals surface area contributed by atoms with Crippen LogP contribution in [0.2, 0.25) is 5.28 Å². The first-order valence-corrected chi connectivity index (χ1v) is 4.46. The Morgan fingerprint density at radius 3 is 2.88 bits per heavy atom. The lowest BCUT2D eigenvalue weighted by Gasteiger charge is -2.15. The number of nitro groups is 1. The number of halogens is 1. The van der Waals surface area contributed by atoms with Crippen LogP contribution in [0, 0.1) is 10.1 Å². The number of aromatic nitrogens is 2.